The van der Waals surface area contributed by atoms with Crippen LogP contribution in [0.4, 0.5) is 14.9 Å². The number of imide groups is 1. The van der Waals surface area contributed by atoms with Gasteiger partial charge in [-0.1, -0.05) is 0 Å². The third-order valence-electron chi connectivity index (χ3n) is 5.65. The summed E-state index contributed by atoms with van der Waals surface area (Å²) >= 11 is 4.16. The van der Waals surface area contributed by atoms with Gasteiger partial charge in [0, 0.05) is 18.8 Å². The number of halogens is 2. The largest absolute Gasteiger partial charge is 0.493 e. The minimum Gasteiger partial charge on any atom is -0.493 e. The Hall–Kier alpha value is -3.38. The van der Waals surface area contributed by atoms with E-state index in [2.05, 4.69) is 21.2 Å². The first-order valence-corrected chi connectivity index (χ1v) is 12.9. The van der Waals surface area contributed by atoms with E-state index in [-0.39, 0.29) is 29.7 Å². The fraction of sp³-hybridized carbons (Fsp3) is 0.280. The number of amides is 4. The maximum Gasteiger partial charge on any atom is 0.294 e. The molecule has 2 aromatic rings. The van der Waals surface area contributed by atoms with E-state index in [1.54, 1.807) is 17.0 Å². The molecule has 0 aromatic heterocycles. The number of benzene rings is 2. The van der Waals surface area contributed by atoms with Gasteiger partial charge in [-0.25, -0.2) is 4.39 Å². The van der Waals surface area contributed by atoms with Crippen LogP contribution in [0.2, 0.25) is 0 Å². The third-order valence-corrected chi connectivity index (χ3v) is 7.15. The van der Waals surface area contributed by atoms with Crippen molar-refractivity contribution in [2.75, 3.05) is 38.7 Å². The van der Waals surface area contributed by atoms with Crippen LogP contribution in [-0.4, -0.2) is 66.1 Å². The minimum atomic E-state index is -0.532. The van der Waals surface area contributed by atoms with Crippen LogP contribution in [0, 0.1) is 5.82 Å². The van der Waals surface area contributed by atoms with Crippen molar-refractivity contribution in [3.63, 3.8) is 0 Å². The molecule has 194 valence electrons. The van der Waals surface area contributed by atoms with Crippen molar-refractivity contribution >= 4 is 62.4 Å². The van der Waals surface area contributed by atoms with Crippen LogP contribution in [0.5, 0.6) is 11.5 Å². The van der Waals surface area contributed by atoms with Crippen molar-refractivity contribution in [1.82, 2.24) is 9.80 Å². The van der Waals surface area contributed by atoms with Crippen molar-refractivity contribution in [3.05, 3.63) is 57.2 Å². The second-order valence-electron chi connectivity index (χ2n) is 8.23. The molecule has 0 aliphatic carbocycles. The lowest BCUT2D eigenvalue weighted by Gasteiger charge is -2.18. The topological polar surface area (TPSA) is 105 Å². The van der Waals surface area contributed by atoms with Crippen LogP contribution in [-0.2, 0) is 14.4 Å². The fourth-order valence-electron chi connectivity index (χ4n) is 3.82. The Bertz CT molecular complexity index is 1260. The molecular formula is C25H23BrFN3O6S. The van der Waals surface area contributed by atoms with Gasteiger partial charge in [0.2, 0.25) is 5.91 Å². The Morgan fingerprint density at radius 2 is 1.86 bits per heavy atom. The van der Waals surface area contributed by atoms with Crippen LogP contribution in [0.25, 0.3) is 6.08 Å². The molecule has 9 nitrogen and oxygen atoms in total. The zero-order valence-electron chi connectivity index (χ0n) is 19.8. The highest BCUT2D eigenvalue weighted by molar-refractivity contribution is 9.10. The number of carbonyl (C=O) groups is 4. The molecule has 2 aliphatic heterocycles. The van der Waals surface area contributed by atoms with Gasteiger partial charge in [0.1, 0.15) is 12.4 Å². The standard InChI is InChI=1S/C25H23BrFN3O6S/c1-35-19-11-15(10-18(26)23(19)36-14-21(31)28-17-6-4-16(27)5-7-17)12-20-24(33)30(25(34)37-20)13-22(32)29-8-2-3-9-29/h4-7,10-12H,2-3,8-9,13-14H2,1H3,(H,28,31)/b20-12+. The van der Waals surface area contributed by atoms with Gasteiger partial charge in [-0.15, -0.1) is 0 Å². The summed E-state index contributed by atoms with van der Waals surface area (Å²) < 4.78 is 24.5. The fourth-order valence-corrected chi connectivity index (χ4v) is 5.23. The summed E-state index contributed by atoms with van der Waals surface area (Å²) in [7, 11) is 1.43. The number of anilines is 1. The number of thioether (sulfide) groups is 1. The van der Waals surface area contributed by atoms with E-state index in [0.29, 0.717) is 34.6 Å². The summed E-state index contributed by atoms with van der Waals surface area (Å²) in [5.41, 5.74) is 0.968. The van der Waals surface area contributed by atoms with Gasteiger partial charge in [0.25, 0.3) is 17.1 Å². The van der Waals surface area contributed by atoms with E-state index in [4.69, 9.17) is 9.47 Å². The summed E-state index contributed by atoms with van der Waals surface area (Å²) in [6, 6.07) is 8.58. The molecule has 37 heavy (non-hydrogen) atoms. The second kappa shape index (κ2) is 11.8. The maximum atomic E-state index is 13.0. The quantitative estimate of drug-likeness (QED) is 0.457. The molecule has 1 N–H and O–H groups in total. The average Bonchev–Trinajstić information content (AvgIpc) is 3.49. The summed E-state index contributed by atoms with van der Waals surface area (Å²) in [6.45, 7) is 0.666. The summed E-state index contributed by atoms with van der Waals surface area (Å²) in [4.78, 5) is 52.7. The minimum absolute atomic E-state index is 0.181. The Kier molecular flexibility index (Phi) is 8.49. The van der Waals surface area contributed by atoms with Gasteiger partial charge in [-0.2, -0.15) is 0 Å². The predicted molar refractivity (Wildman–Crippen MR) is 140 cm³/mol. The molecular weight excluding hydrogens is 569 g/mol. The van der Waals surface area contributed by atoms with Crippen LogP contribution in [0.3, 0.4) is 0 Å². The number of nitrogens with one attached hydrogen (secondary N) is 1. The van der Waals surface area contributed by atoms with Crippen LogP contribution >= 0.6 is 27.7 Å². The van der Waals surface area contributed by atoms with Crippen LogP contribution in [0.1, 0.15) is 18.4 Å². The predicted octanol–water partition coefficient (Wildman–Crippen LogP) is 4.27. The molecule has 0 saturated carbocycles. The number of rotatable bonds is 8. The second-order valence-corrected chi connectivity index (χ2v) is 10.1. The highest BCUT2D eigenvalue weighted by atomic mass is 79.9. The first kappa shape index (κ1) is 26.7. The van der Waals surface area contributed by atoms with E-state index in [9.17, 15) is 23.6 Å². The van der Waals surface area contributed by atoms with Crippen LogP contribution in [0.15, 0.2) is 45.8 Å². The molecule has 0 spiro atoms. The van der Waals surface area contributed by atoms with E-state index in [1.165, 1.54) is 37.5 Å². The van der Waals surface area contributed by atoms with Gasteiger partial charge in [0.15, 0.2) is 18.1 Å². The van der Waals surface area contributed by atoms with E-state index >= 15 is 0 Å². The SMILES string of the molecule is COc1cc(/C=C2/SC(=O)N(CC(=O)N3CCCC3)C2=O)cc(Br)c1OCC(=O)Nc1ccc(F)cc1. The number of carbonyl (C=O) groups excluding carboxylic acids is 4. The smallest absolute Gasteiger partial charge is 0.294 e. The van der Waals surface area contributed by atoms with Crippen molar-refractivity contribution < 1.29 is 33.0 Å². The Labute approximate surface area is 225 Å². The zero-order chi connectivity index (χ0) is 26.5. The highest BCUT2D eigenvalue weighted by Crippen LogP contribution is 2.39. The number of ether oxygens (including phenoxy) is 2. The summed E-state index contributed by atoms with van der Waals surface area (Å²) in [5, 5.41) is 2.10. The molecule has 0 bridgehead atoms. The Morgan fingerprint density at radius 1 is 1.16 bits per heavy atom. The van der Waals surface area contributed by atoms with Crippen molar-refractivity contribution in [2.24, 2.45) is 0 Å². The molecule has 4 rings (SSSR count). The van der Waals surface area contributed by atoms with Crippen molar-refractivity contribution in [3.8, 4) is 11.5 Å². The molecule has 0 radical (unpaired) electrons. The number of methoxy groups -OCH3 is 1. The van der Waals surface area contributed by atoms with Crippen molar-refractivity contribution in [1.29, 1.82) is 0 Å². The number of hydrogen-bond acceptors (Lipinski definition) is 7. The molecule has 2 aliphatic rings. The van der Waals surface area contributed by atoms with Gasteiger partial charge in [-0.3, -0.25) is 24.1 Å². The number of hydrogen-bond donors (Lipinski definition) is 1. The molecule has 2 fully saturated rings. The lowest BCUT2D eigenvalue weighted by molar-refractivity contribution is -0.135. The Morgan fingerprint density at radius 3 is 2.54 bits per heavy atom. The average molecular weight is 592 g/mol. The first-order valence-electron chi connectivity index (χ1n) is 11.3. The molecule has 0 atom stereocenters. The lowest BCUT2D eigenvalue weighted by atomic mass is 10.2. The highest BCUT2D eigenvalue weighted by Gasteiger charge is 2.37. The van der Waals surface area contributed by atoms with Gasteiger partial charge in [-0.05, 0) is 88.6 Å². The molecule has 2 saturated heterocycles. The molecule has 0 unspecified atom stereocenters. The van der Waals surface area contributed by atoms with E-state index in [1.807, 2.05) is 0 Å². The number of likely N-dealkylation sites (tertiary alicyclic amines) is 1. The summed E-state index contributed by atoms with van der Waals surface area (Å²) in [6.07, 6.45) is 3.37. The van der Waals surface area contributed by atoms with Gasteiger partial charge >= 0.3 is 0 Å². The Balaban J connectivity index is 1.43. The normalized spacial score (nSPS) is 16.5. The van der Waals surface area contributed by atoms with E-state index < -0.39 is 22.9 Å². The molecule has 12 heteroatoms. The van der Waals surface area contributed by atoms with Crippen molar-refractivity contribution in [2.45, 2.75) is 12.8 Å². The summed E-state index contributed by atoms with van der Waals surface area (Å²) in [5.74, 6) is -1.09. The number of nitrogens with zero attached hydrogens (tertiary/aromatic N) is 2. The maximum absolute atomic E-state index is 13.0. The van der Waals surface area contributed by atoms with Crippen LogP contribution < -0.4 is 14.8 Å². The zero-order valence-corrected chi connectivity index (χ0v) is 22.2. The third kappa shape index (κ3) is 6.50. The first-order chi connectivity index (χ1) is 17.7. The van der Waals surface area contributed by atoms with E-state index in [0.717, 1.165) is 29.5 Å². The van der Waals surface area contributed by atoms with Gasteiger partial charge in [0.05, 0.1) is 16.5 Å². The molecule has 2 heterocycles. The molecule has 2 aromatic carbocycles. The molecule has 4 amide bonds. The monoisotopic (exact) mass is 591 g/mol. The lowest BCUT2D eigenvalue weighted by Crippen LogP contribution is -2.40. The van der Waals surface area contributed by atoms with Gasteiger partial charge < -0.3 is 19.7 Å².